The first-order chi connectivity index (χ1) is 15.3. The van der Waals surface area contributed by atoms with Gasteiger partial charge < -0.3 is 20.3 Å². The molecule has 7 heteroatoms. The molecule has 0 bridgehead atoms. The van der Waals surface area contributed by atoms with Crippen LogP contribution in [0.25, 0.3) is 10.8 Å². The lowest BCUT2D eigenvalue weighted by atomic mass is 10.1. The highest BCUT2D eigenvalue weighted by atomic mass is 16.5. The second kappa shape index (κ2) is 7.10. The second-order valence-electron chi connectivity index (χ2n) is 5.04. The van der Waals surface area contributed by atoms with E-state index < -0.39 is 65.8 Å². The predicted octanol–water partition coefficient (Wildman–Crippen LogP) is 2.86. The fourth-order valence-corrected chi connectivity index (χ4v) is 2.24. The summed E-state index contributed by atoms with van der Waals surface area (Å²) in [5.41, 5.74) is -0.403. The molecule has 0 saturated heterocycles. The standard InChI is InChI=1S/C19H16N2O5/c1-11-15-9-13(26-12-5-3-2-4-6-12)7-8-14(15)18(24)17(21-11)19(25)20-10-16(22)23/h2-9,24H,10H2,1H3,(H,20,25)(H,22,23)/i2D,3D,4D,5D,6D,10D2. The number of amides is 1. The van der Waals surface area contributed by atoms with Crippen molar-refractivity contribution in [3.63, 3.8) is 0 Å². The van der Waals surface area contributed by atoms with E-state index in [4.69, 9.17) is 19.4 Å². The molecule has 0 aliphatic carbocycles. The number of hydrogen-bond acceptors (Lipinski definition) is 5. The Balaban J connectivity index is 2.05. The van der Waals surface area contributed by atoms with Gasteiger partial charge in [0.15, 0.2) is 11.4 Å². The van der Waals surface area contributed by atoms with E-state index in [-0.39, 0.29) is 22.2 Å². The van der Waals surface area contributed by atoms with Crippen LogP contribution in [-0.2, 0) is 4.79 Å². The van der Waals surface area contributed by atoms with Crippen molar-refractivity contribution in [2.24, 2.45) is 0 Å². The van der Waals surface area contributed by atoms with Gasteiger partial charge in [-0.25, -0.2) is 4.98 Å². The van der Waals surface area contributed by atoms with Crippen molar-refractivity contribution in [1.29, 1.82) is 0 Å². The van der Waals surface area contributed by atoms with E-state index in [2.05, 4.69) is 4.98 Å². The van der Waals surface area contributed by atoms with Gasteiger partial charge in [0.25, 0.3) is 5.91 Å². The third kappa shape index (κ3) is 3.56. The summed E-state index contributed by atoms with van der Waals surface area (Å²) in [6.07, 6.45) is 0. The number of aryl methyl sites for hydroxylation is 1. The molecule has 7 nitrogen and oxygen atoms in total. The lowest BCUT2D eigenvalue weighted by molar-refractivity contribution is -0.135. The highest BCUT2D eigenvalue weighted by Crippen LogP contribution is 2.33. The molecule has 2 aromatic carbocycles. The zero-order valence-corrected chi connectivity index (χ0v) is 13.3. The Labute approximate surface area is 158 Å². The van der Waals surface area contributed by atoms with Crippen molar-refractivity contribution in [2.75, 3.05) is 6.50 Å². The predicted molar refractivity (Wildman–Crippen MR) is 94.6 cm³/mol. The van der Waals surface area contributed by atoms with Crippen LogP contribution in [0.3, 0.4) is 0 Å². The van der Waals surface area contributed by atoms with Gasteiger partial charge in [0.1, 0.15) is 18.0 Å². The number of nitrogens with one attached hydrogen (secondary N) is 1. The third-order valence-electron chi connectivity index (χ3n) is 3.33. The smallest absolute Gasteiger partial charge is 0.322 e. The Hall–Kier alpha value is -3.61. The number of pyridine rings is 1. The van der Waals surface area contributed by atoms with Gasteiger partial charge in [-0.2, -0.15) is 0 Å². The Morgan fingerprint density at radius 3 is 2.65 bits per heavy atom. The molecule has 0 fully saturated rings. The topological polar surface area (TPSA) is 109 Å². The van der Waals surface area contributed by atoms with Crippen molar-refractivity contribution in [2.45, 2.75) is 6.92 Å². The van der Waals surface area contributed by atoms with Crippen LogP contribution in [0.4, 0.5) is 0 Å². The largest absolute Gasteiger partial charge is 0.505 e. The number of rotatable bonds is 5. The van der Waals surface area contributed by atoms with Gasteiger partial charge in [0, 0.05) is 16.5 Å². The quantitative estimate of drug-likeness (QED) is 0.646. The number of nitrogens with zero attached hydrogens (tertiary/aromatic N) is 1. The number of ether oxygens (including phenoxy) is 1. The van der Waals surface area contributed by atoms with Crippen LogP contribution in [0, 0.1) is 6.92 Å². The summed E-state index contributed by atoms with van der Waals surface area (Å²) in [6, 6.07) is 1.22. The molecule has 0 aliphatic heterocycles. The molecule has 0 spiro atoms. The number of benzene rings is 2. The number of carbonyl (C=O) groups excluding carboxylic acids is 1. The van der Waals surface area contributed by atoms with Crippen LogP contribution in [0.1, 0.15) is 25.8 Å². The summed E-state index contributed by atoms with van der Waals surface area (Å²) in [5, 5.41) is 21.3. The average molecular weight is 359 g/mol. The van der Waals surface area contributed by atoms with Crippen molar-refractivity contribution < 1.29 is 34.1 Å². The van der Waals surface area contributed by atoms with E-state index in [1.807, 2.05) is 0 Å². The highest BCUT2D eigenvalue weighted by Gasteiger charge is 2.18. The fraction of sp³-hybridized carbons (Fsp3) is 0.105. The summed E-state index contributed by atoms with van der Waals surface area (Å²) in [4.78, 5) is 27.1. The van der Waals surface area contributed by atoms with Crippen LogP contribution in [-0.4, -0.2) is 33.6 Å². The molecule has 1 amide bonds. The number of carbonyl (C=O) groups is 2. The monoisotopic (exact) mass is 359 g/mol. The minimum atomic E-state index is -3.09. The van der Waals surface area contributed by atoms with Gasteiger partial charge in [0.05, 0.1) is 9.60 Å². The molecule has 0 aliphatic rings. The maximum absolute atomic E-state index is 12.3. The molecule has 0 unspecified atom stereocenters. The number of carboxylic acids is 1. The number of aromatic nitrogens is 1. The number of hydrogen-bond donors (Lipinski definition) is 3. The zero-order valence-electron chi connectivity index (χ0n) is 20.3. The zero-order chi connectivity index (χ0) is 24.8. The summed E-state index contributed by atoms with van der Waals surface area (Å²) < 4.78 is 59.1. The van der Waals surface area contributed by atoms with Gasteiger partial charge in [-0.15, -0.1) is 0 Å². The Morgan fingerprint density at radius 1 is 1.23 bits per heavy atom. The van der Waals surface area contributed by atoms with Crippen molar-refractivity contribution >= 4 is 22.6 Å². The molecule has 3 N–H and O–H groups in total. The van der Waals surface area contributed by atoms with Gasteiger partial charge in [-0.3, -0.25) is 9.59 Å². The minimum absolute atomic E-state index is 0.0599. The van der Waals surface area contributed by atoms with Gasteiger partial charge in [-0.1, -0.05) is 18.1 Å². The van der Waals surface area contributed by atoms with Gasteiger partial charge in [0.2, 0.25) is 0 Å². The van der Waals surface area contributed by atoms with E-state index >= 15 is 0 Å². The van der Waals surface area contributed by atoms with Crippen LogP contribution in [0.2, 0.25) is 0 Å². The molecule has 0 atom stereocenters. The second-order valence-corrected chi connectivity index (χ2v) is 5.04. The van der Waals surface area contributed by atoms with Crippen LogP contribution >= 0.6 is 0 Å². The van der Waals surface area contributed by atoms with Crippen molar-refractivity contribution in [3.05, 3.63) is 59.8 Å². The molecule has 0 saturated carbocycles. The van der Waals surface area contributed by atoms with Crippen LogP contribution in [0.15, 0.2) is 48.4 Å². The first kappa shape index (κ1) is 10.4. The normalized spacial score (nSPS) is 14.9. The number of aromatic hydroxyl groups is 1. The SMILES string of the molecule is [2H]c1c([2H])c([2H])c(Oc2ccc3c(O)c(C(=O)NC([2H])([2H])C(=O)O)nc(C)c3c2)c([2H])c1[2H]. The number of para-hydroxylation sites is 1. The first-order valence-corrected chi connectivity index (χ1v) is 7.20. The summed E-state index contributed by atoms with van der Waals surface area (Å²) in [6.45, 7) is -1.62. The van der Waals surface area contributed by atoms with E-state index in [1.54, 1.807) is 5.32 Å². The van der Waals surface area contributed by atoms with Gasteiger partial charge >= 0.3 is 5.97 Å². The van der Waals surface area contributed by atoms with E-state index in [0.717, 1.165) is 0 Å². The Bertz CT molecular complexity index is 1300. The number of carboxylic acid groups (broad SMARTS) is 1. The van der Waals surface area contributed by atoms with Gasteiger partial charge in [-0.05, 0) is 37.2 Å². The van der Waals surface area contributed by atoms with E-state index in [9.17, 15) is 14.7 Å². The number of fused-ring (bicyclic) bond motifs is 1. The maximum atomic E-state index is 12.3. The Kier molecular flexibility index (Phi) is 2.84. The lowest BCUT2D eigenvalue weighted by Crippen LogP contribution is -2.30. The first-order valence-electron chi connectivity index (χ1n) is 10.7. The maximum Gasteiger partial charge on any atom is 0.322 e. The van der Waals surface area contributed by atoms with Crippen molar-refractivity contribution in [3.8, 4) is 17.2 Å². The molecule has 1 heterocycles. The molecule has 0 radical (unpaired) electrons. The van der Waals surface area contributed by atoms with E-state index in [1.165, 1.54) is 25.1 Å². The summed E-state index contributed by atoms with van der Waals surface area (Å²) in [7, 11) is 0. The average Bonchev–Trinajstić information content (AvgIpc) is 2.75. The third-order valence-corrected chi connectivity index (χ3v) is 3.33. The molecule has 26 heavy (non-hydrogen) atoms. The van der Waals surface area contributed by atoms with E-state index in [0.29, 0.717) is 0 Å². The molecule has 132 valence electrons. The fourth-order valence-electron chi connectivity index (χ4n) is 2.24. The summed E-state index contributed by atoms with van der Waals surface area (Å²) >= 11 is 0. The molecular weight excluding hydrogens is 336 g/mol. The summed E-state index contributed by atoms with van der Waals surface area (Å²) in [5.74, 6) is -4.15. The highest BCUT2D eigenvalue weighted by molar-refractivity contribution is 6.03. The Morgan fingerprint density at radius 2 is 1.96 bits per heavy atom. The van der Waals surface area contributed by atoms with Crippen LogP contribution < -0.4 is 10.1 Å². The molecule has 1 aromatic heterocycles. The minimum Gasteiger partial charge on any atom is -0.505 e. The van der Waals surface area contributed by atoms with Crippen LogP contribution in [0.5, 0.6) is 17.2 Å². The molecule has 3 rings (SSSR count). The molecular formula is C19H16N2O5. The lowest BCUT2D eigenvalue weighted by Gasteiger charge is -2.12. The van der Waals surface area contributed by atoms with Crippen molar-refractivity contribution in [1.82, 2.24) is 10.3 Å². The number of aliphatic carboxylic acids is 1. The molecule has 3 aromatic rings.